The number of carbonyl (C=O) groups is 1. The van der Waals surface area contributed by atoms with Gasteiger partial charge in [-0.3, -0.25) is 0 Å². The number of nitrogens with one attached hydrogen (secondary N) is 1. The van der Waals surface area contributed by atoms with Crippen molar-refractivity contribution in [3.63, 3.8) is 0 Å². The Labute approximate surface area is 107 Å². The number of thiophene rings is 1. The Kier molecular flexibility index (Phi) is 4.24. The number of rotatable bonds is 6. The summed E-state index contributed by atoms with van der Waals surface area (Å²) in [5, 5.41) is 16.0. The van der Waals surface area contributed by atoms with E-state index in [4.69, 9.17) is 5.11 Å². The van der Waals surface area contributed by atoms with Gasteiger partial charge >= 0.3 is 5.97 Å². The first-order valence-corrected chi connectivity index (χ1v) is 6.92. The van der Waals surface area contributed by atoms with Crippen molar-refractivity contribution < 1.29 is 9.90 Å². The van der Waals surface area contributed by atoms with E-state index in [1.54, 1.807) is 16.7 Å². The second-order valence-corrected chi connectivity index (χ2v) is 5.35. The van der Waals surface area contributed by atoms with Crippen LogP contribution in [0.4, 0.5) is 0 Å². The largest absolute Gasteiger partial charge is 0.476 e. The molecule has 0 atom stereocenters. The van der Waals surface area contributed by atoms with Crippen molar-refractivity contribution in [2.24, 2.45) is 0 Å². The standard InChI is InChI=1S/C11H12N2O2S2/c14-11(15)10-13-8(7-17-10)6-12-4-3-9-2-1-5-16-9/h1-2,5,7,12H,3-4,6H2,(H,14,15). The van der Waals surface area contributed by atoms with Crippen LogP contribution in [-0.2, 0) is 13.0 Å². The molecule has 0 aromatic carbocycles. The maximum absolute atomic E-state index is 10.6. The normalized spacial score (nSPS) is 10.6. The van der Waals surface area contributed by atoms with Crippen LogP contribution < -0.4 is 5.32 Å². The predicted molar refractivity (Wildman–Crippen MR) is 68.8 cm³/mol. The molecule has 0 saturated carbocycles. The third-order valence-electron chi connectivity index (χ3n) is 2.17. The number of nitrogens with zero attached hydrogens (tertiary/aromatic N) is 1. The van der Waals surface area contributed by atoms with Crippen molar-refractivity contribution in [2.75, 3.05) is 6.54 Å². The lowest BCUT2D eigenvalue weighted by atomic mass is 10.3. The second kappa shape index (κ2) is 5.90. The van der Waals surface area contributed by atoms with Gasteiger partial charge in [0.2, 0.25) is 5.01 Å². The molecule has 0 bridgehead atoms. The maximum atomic E-state index is 10.6. The maximum Gasteiger partial charge on any atom is 0.365 e. The zero-order valence-corrected chi connectivity index (χ0v) is 10.7. The molecule has 0 aliphatic carbocycles. The number of aromatic nitrogens is 1. The average molecular weight is 268 g/mol. The molecule has 2 rings (SSSR count). The van der Waals surface area contributed by atoms with Crippen LogP contribution in [0, 0.1) is 0 Å². The molecule has 0 aliphatic rings. The summed E-state index contributed by atoms with van der Waals surface area (Å²) in [4.78, 5) is 16.0. The van der Waals surface area contributed by atoms with Gasteiger partial charge < -0.3 is 10.4 Å². The van der Waals surface area contributed by atoms with Crippen molar-refractivity contribution in [3.8, 4) is 0 Å². The quantitative estimate of drug-likeness (QED) is 0.789. The summed E-state index contributed by atoms with van der Waals surface area (Å²) in [6.45, 7) is 1.50. The van der Waals surface area contributed by atoms with Crippen LogP contribution in [-0.4, -0.2) is 22.6 Å². The highest BCUT2D eigenvalue weighted by Crippen LogP contribution is 2.10. The fraction of sp³-hybridized carbons (Fsp3) is 0.273. The second-order valence-electron chi connectivity index (χ2n) is 3.46. The molecule has 17 heavy (non-hydrogen) atoms. The molecule has 0 unspecified atom stereocenters. The summed E-state index contributed by atoms with van der Waals surface area (Å²) in [6.07, 6.45) is 0.994. The summed E-state index contributed by atoms with van der Waals surface area (Å²) in [5.74, 6) is -0.958. The van der Waals surface area contributed by atoms with Crippen molar-refractivity contribution in [2.45, 2.75) is 13.0 Å². The number of aromatic carboxylic acids is 1. The Morgan fingerprint density at radius 1 is 1.47 bits per heavy atom. The summed E-state index contributed by atoms with van der Waals surface area (Å²) in [5.41, 5.74) is 0.790. The lowest BCUT2D eigenvalue weighted by Gasteiger charge is -2.00. The van der Waals surface area contributed by atoms with Gasteiger partial charge in [-0.1, -0.05) is 6.07 Å². The number of carboxylic acids is 1. The van der Waals surface area contributed by atoms with Gasteiger partial charge in [0, 0.05) is 23.3 Å². The molecule has 0 aliphatic heterocycles. The fourth-order valence-corrected chi connectivity index (χ4v) is 2.73. The monoisotopic (exact) mass is 268 g/mol. The molecule has 0 radical (unpaired) electrons. The average Bonchev–Trinajstić information content (AvgIpc) is 2.96. The smallest absolute Gasteiger partial charge is 0.365 e. The molecule has 4 nitrogen and oxygen atoms in total. The Hall–Kier alpha value is -1.24. The first-order valence-electron chi connectivity index (χ1n) is 5.16. The van der Waals surface area contributed by atoms with Crippen molar-refractivity contribution >= 4 is 28.6 Å². The molecule has 0 saturated heterocycles. The molecule has 0 amide bonds. The van der Waals surface area contributed by atoms with Crippen LogP contribution in [0.1, 0.15) is 20.4 Å². The van der Waals surface area contributed by atoms with Gasteiger partial charge in [0.1, 0.15) is 0 Å². The molecule has 0 fully saturated rings. The van der Waals surface area contributed by atoms with Crippen molar-refractivity contribution in [1.82, 2.24) is 10.3 Å². The molecule has 2 N–H and O–H groups in total. The Balaban J connectivity index is 1.72. The van der Waals surface area contributed by atoms with E-state index in [2.05, 4.69) is 21.7 Å². The molecule has 0 spiro atoms. The minimum atomic E-state index is -0.958. The highest BCUT2D eigenvalue weighted by molar-refractivity contribution is 7.11. The lowest BCUT2D eigenvalue weighted by Crippen LogP contribution is -2.16. The zero-order chi connectivity index (χ0) is 12.1. The van der Waals surface area contributed by atoms with Crippen LogP contribution in [0.3, 0.4) is 0 Å². The Morgan fingerprint density at radius 2 is 2.35 bits per heavy atom. The van der Waals surface area contributed by atoms with Crippen molar-refractivity contribution in [3.05, 3.63) is 38.5 Å². The summed E-state index contributed by atoms with van der Waals surface area (Å²) >= 11 is 2.91. The Bertz CT molecular complexity index is 479. The molecule has 2 aromatic heterocycles. The highest BCUT2D eigenvalue weighted by atomic mass is 32.1. The third kappa shape index (κ3) is 3.62. The van der Waals surface area contributed by atoms with Crippen LogP contribution in [0.15, 0.2) is 22.9 Å². The number of carboxylic acid groups (broad SMARTS) is 1. The van der Waals surface area contributed by atoms with E-state index < -0.39 is 5.97 Å². The third-order valence-corrected chi connectivity index (χ3v) is 3.98. The van der Waals surface area contributed by atoms with Crippen LogP contribution in [0.2, 0.25) is 0 Å². The van der Waals surface area contributed by atoms with Gasteiger partial charge in [0.25, 0.3) is 0 Å². The predicted octanol–water partition coefficient (Wildman–Crippen LogP) is 2.24. The van der Waals surface area contributed by atoms with E-state index in [-0.39, 0.29) is 5.01 Å². The highest BCUT2D eigenvalue weighted by Gasteiger charge is 2.08. The molecule has 6 heteroatoms. The summed E-state index contributed by atoms with van der Waals surface area (Å²) in [7, 11) is 0. The van der Waals surface area contributed by atoms with Gasteiger partial charge in [-0.2, -0.15) is 0 Å². The van der Waals surface area contributed by atoms with E-state index in [9.17, 15) is 4.79 Å². The number of hydrogen-bond donors (Lipinski definition) is 2. The van der Waals surface area contributed by atoms with Gasteiger partial charge in [0.05, 0.1) is 5.69 Å². The number of hydrogen-bond acceptors (Lipinski definition) is 5. The summed E-state index contributed by atoms with van der Waals surface area (Å²) in [6, 6.07) is 4.15. The lowest BCUT2D eigenvalue weighted by molar-refractivity contribution is 0.0696. The minimum Gasteiger partial charge on any atom is -0.476 e. The Morgan fingerprint density at radius 3 is 3.00 bits per heavy atom. The first-order chi connectivity index (χ1) is 8.25. The van der Waals surface area contributed by atoms with Crippen molar-refractivity contribution in [1.29, 1.82) is 0 Å². The van der Waals surface area contributed by atoms with Gasteiger partial charge in [0.15, 0.2) is 0 Å². The van der Waals surface area contributed by atoms with E-state index >= 15 is 0 Å². The molecule has 90 valence electrons. The van der Waals surface area contributed by atoms with Gasteiger partial charge in [-0.15, -0.1) is 22.7 Å². The van der Waals surface area contributed by atoms with E-state index in [0.717, 1.165) is 30.0 Å². The molecule has 2 aromatic rings. The summed E-state index contributed by atoms with van der Waals surface area (Å²) < 4.78 is 0. The molecular formula is C11H12N2O2S2. The van der Waals surface area contributed by atoms with Gasteiger partial charge in [-0.25, -0.2) is 9.78 Å². The van der Waals surface area contributed by atoms with E-state index in [1.807, 2.05) is 6.07 Å². The van der Waals surface area contributed by atoms with E-state index in [0.29, 0.717) is 6.54 Å². The zero-order valence-electron chi connectivity index (χ0n) is 9.05. The first kappa shape index (κ1) is 12.2. The number of thiazole rings is 1. The van der Waals surface area contributed by atoms with Crippen LogP contribution >= 0.6 is 22.7 Å². The van der Waals surface area contributed by atoms with Gasteiger partial charge in [-0.05, 0) is 17.9 Å². The molecule has 2 heterocycles. The van der Waals surface area contributed by atoms with Crippen LogP contribution in [0.5, 0.6) is 0 Å². The molecular weight excluding hydrogens is 256 g/mol. The minimum absolute atomic E-state index is 0.153. The van der Waals surface area contributed by atoms with E-state index in [1.165, 1.54) is 4.88 Å². The SMILES string of the molecule is O=C(O)c1nc(CNCCc2cccs2)cs1. The topological polar surface area (TPSA) is 62.2 Å². The fourth-order valence-electron chi connectivity index (χ4n) is 1.37. The van der Waals surface area contributed by atoms with Crippen LogP contribution in [0.25, 0.3) is 0 Å².